The number of hydrogen-bond acceptors (Lipinski definition) is 3. The Kier molecular flexibility index (Phi) is 2.83. The van der Waals surface area contributed by atoms with Gasteiger partial charge in [-0.25, -0.2) is 0 Å². The van der Waals surface area contributed by atoms with E-state index in [1.807, 2.05) is 18.8 Å². The Labute approximate surface area is 65.3 Å². The van der Waals surface area contributed by atoms with Gasteiger partial charge in [-0.1, -0.05) is 6.92 Å². The second-order valence-electron chi connectivity index (χ2n) is 2.15. The van der Waals surface area contributed by atoms with E-state index >= 15 is 0 Å². The average molecular weight is 156 g/mol. The molecule has 0 saturated carbocycles. The Morgan fingerprint density at radius 3 is 3.00 bits per heavy atom. The molecule has 0 bridgehead atoms. The molecular weight excluding hydrogens is 144 g/mol. The summed E-state index contributed by atoms with van der Waals surface area (Å²) in [5.74, 6) is 0. The molecule has 1 aromatic heterocycles. The maximum atomic E-state index is 4.02. The number of nitrogens with one attached hydrogen (secondary N) is 1. The van der Waals surface area contributed by atoms with Crippen LogP contribution >= 0.6 is 11.3 Å². The van der Waals surface area contributed by atoms with Gasteiger partial charge in [0.15, 0.2) is 0 Å². The molecule has 0 aliphatic heterocycles. The Morgan fingerprint density at radius 1 is 1.80 bits per heavy atom. The fourth-order valence-electron chi connectivity index (χ4n) is 0.945. The van der Waals surface area contributed by atoms with Crippen LogP contribution < -0.4 is 5.32 Å². The highest BCUT2D eigenvalue weighted by Gasteiger charge is 2.06. The van der Waals surface area contributed by atoms with Gasteiger partial charge in [0, 0.05) is 17.1 Å². The van der Waals surface area contributed by atoms with Crippen LogP contribution in [0.2, 0.25) is 0 Å². The summed E-state index contributed by atoms with van der Waals surface area (Å²) in [5, 5.41) is 3.22. The Hall–Kier alpha value is -0.410. The minimum absolute atomic E-state index is 0.493. The highest BCUT2D eigenvalue weighted by molar-refractivity contribution is 7.09. The summed E-state index contributed by atoms with van der Waals surface area (Å²) in [6.07, 6.45) is 3.05. The fourth-order valence-corrected chi connectivity index (χ4v) is 1.76. The van der Waals surface area contributed by atoms with Crippen LogP contribution in [-0.2, 0) is 0 Å². The molecule has 10 heavy (non-hydrogen) atoms. The summed E-state index contributed by atoms with van der Waals surface area (Å²) < 4.78 is 0. The van der Waals surface area contributed by atoms with Crippen LogP contribution in [0.3, 0.4) is 0 Å². The van der Waals surface area contributed by atoms with Gasteiger partial charge in [0.2, 0.25) is 0 Å². The average Bonchev–Trinajstić information content (AvgIpc) is 2.43. The Balaban J connectivity index is 2.64. The van der Waals surface area contributed by atoms with Crippen LogP contribution in [-0.4, -0.2) is 12.0 Å². The van der Waals surface area contributed by atoms with Gasteiger partial charge in [-0.05, 0) is 13.5 Å². The van der Waals surface area contributed by atoms with Gasteiger partial charge < -0.3 is 5.32 Å². The van der Waals surface area contributed by atoms with Crippen molar-refractivity contribution in [3.63, 3.8) is 0 Å². The van der Waals surface area contributed by atoms with Crippen molar-refractivity contribution in [1.29, 1.82) is 0 Å². The lowest BCUT2D eigenvalue weighted by Crippen LogP contribution is -2.13. The molecule has 0 radical (unpaired) electrons. The second kappa shape index (κ2) is 3.68. The molecule has 1 heterocycles. The lowest BCUT2D eigenvalue weighted by atomic mass is 10.2. The third-order valence-electron chi connectivity index (χ3n) is 1.55. The Morgan fingerprint density at radius 2 is 2.60 bits per heavy atom. The summed E-state index contributed by atoms with van der Waals surface area (Å²) in [5.41, 5.74) is 1.87. The molecule has 0 spiro atoms. The monoisotopic (exact) mass is 156 g/mol. The van der Waals surface area contributed by atoms with Gasteiger partial charge >= 0.3 is 0 Å². The van der Waals surface area contributed by atoms with Crippen LogP contribution in [0.15, 0.2) is 11.7 Å². The van der Waals surface area contributed by atoms with Crippen molar-refractivity contribution in [2.45, 2.75) is 19.4 Å². The maximum Gasteiger partial charge on any atom is 0.0794 e. The van der Waals surface area contributed by atoms with Crippen LogP contribution in [0.4, 0.5) is 0 Å². The first-order chi connectivity index (χ1) is 4.88. The van der Waals surface area contributed by atoms with Crippen LogP contribution in [0.1, 0.15) is 24.3 Å². The topological polar surface area (TPSA) is 24.9 Å². The molecule has 1 aromatic rings. The van der Waals surface area contributed by atoms with Crippen LogP contribution in [0.5, 0.6) is 0 Å². The molecule has 1 rings (SSSR count). The molecule has 0 amide bonds. The number of aromatic nitrogens is 1. The highest BCUT2D eigenvalue weighted by atomic mass is 32.1. The van der Waals surface area contributed by atoms with Gasteiger partial charge in [0.1, 0.15) is 0 Å². The lowest BCUT2D eigenvalue weighted by molar-refractivity contribution is 0.585. The largest absolute Gasteiger partial charge is 0.312 e. The first-order valence-electron chi connectivity index (χ1n) is 3.44. The van der Waals surface area contributed by atoms with Gasteiger partial charge in [0.05, 0.1) is 5.51 Å². The van der Waals surface area contributed by atoms with Crippen molar-refractivity contribution in [2.24, 2.45) is 0 Å². The molecule has 56 valence electrons. The van der Waals surface area contributed by atoms with E-state index in [4.69, 9.17) is 0 Å². The quantitative estimate of drug-likeness (QED) is 0.722. The highest BCUT2D eigenvalue weighted by Crippen LogP contribution is 2.18. The molecule has 1 N–H and O–H groups in total. The summed E-state index contributed by atoms with van der Waals surface area (Å²) >= 11 is 1.71. The molecule has 2 nitrogen and oxygen atoms in total. The standard InChI is InChI=1S/C7H12N2S/c1-3-6(8-2)7-4-9-5-10-7/h4-6,8H,3H2,1-2H3. The van der Waals surface area contributed by atoms with Crippen molar-refractivity contribution >= 4 is 11.3 Å². The van der Waals surface area contributed by atoms with E-state index in [1.54, 1.807) is 11.3 Å². The van der Waals surface area contributed by atoms with Crippen LogP contribution in [0, 0.1) is 0 Å². The van der Waals surface area contributed by atoms with Crippen molar-refractivity contribution in [3.8, 4) is 0 Å². The van der Waals surface area contributed by atoms with Gasteiger partial charge in [0.25, 0.3) is 0 Å². The van der Waals surface area contributed by atoms with E-state index in [0.29, 0.717) is 6.04 Å². The van der Waals surface area contributed by atoms with Gasteiger partial charge in [-0.15, -0.1) is 11.3 Å². The minimum atomic E-state index is 0.493. The van der Waals surface area contributed by atoms with E-state index in [2.05, 4.69) is 17.2 Å². The first-order valence-corrected chi connectivity index (χ1v) is 4.32. The third kappa shape index (κ3) is 1.55. The number of nitrogens with zero attached hydrogens (tertiary/aromatic N) is 1. The Bertz CT molecular complexity index is 168. The third-order valence-corrected chi connectivity index (χ3v) is 2.44. The van der Waals surface area contributed by atoms with Crippen molar-refractivity contribution in [3.05, 3.63) is 16.6 Å². The minimum Gasteiger partial charge on any atom is -0.312 e. The SMILES string of the molecule is CCC(NC)c1cncs1. The zero-order chi connectivity index (χ0) is 7.40. The van der Waals surface area contributed by atoms with Gasteiger partial charge in [-0.3, -0.25) is 4.98 Å². The smallest absolute Gasteiger partial charge is 0.0794 e. The molecule has 1 atom stereocenters. The number of hydrogen-bond donors (Lipinski definition) is 1. The van der Waals surface area contributed by atoms with E-state index in [0.717, 1.165) is 6.42 Å². The van der Waals surface area contributed by atoms with E-state index < -0.39 is 0 Å². The van der Waals surface area contributed by atoms with E-state index in [9.17, 15) is 0 Å². The summed E-state index contributed by atoms with van der Waals surface area (Å²) in [4.78, 5) is 5.34. The van der Waals surface area contributed by atoms with Crippen LogP contribution in [0.25, 0.3) is 0 Å². The molecule has 0 aromatic carbocycles. The molecular formula is C7H12N2S. The molecule has 0 aliphatic rings. The zero-order valence-corrected chi connectivity index (χ0v) is 7.11. The summed E-state index contributed by atoms with van der Waals surface area (Å²) in [7, 11) is 1.98. The van der Waals surface area contributed by atoms with Crippen molar-refractivity contribution < 1.29 is 0 Å². The molecule has 1 unspecified atom stereocenters. The predicted molar refractivity (Wildman–Crippen MR) is 44.2 cm³/mol. The molecule has 0 saturated heterocycles. The zero-order valence-electron chi connectivity index (χ0n) is 6.29. The van der Waals surface area contributed by atoms with Gasteiger partial charge in [-0.2, -0.15) is 0 Å². The van der Waals surface area contributed by atoms with E-state index in [-0.39, 0.29) is 0 Å². The predicted octanol–water partition coefficient (Wildman–Crippen LogP) is 1.81. The summed E-state index contributed by atoms with van der Waals surface area (Å²) in [6, 6.07) is 0.493. The van der Waals surface area contributed by atoms with Crippen molar-refractivity contribution in [1.82, 2.24) is 10.3 Å². The fraction of sp³-hybridized carbons (Fsp3) is 0.571. The summed E-state index contributed by atoms with van der Waals surface area (Å²) in [6.45, 7) is 2.17. The molecule has 0 aliphatic carbocycles. The molecule has 0 fully saturated rings. The number of thiazole rings is 1. The normalized spacial score (nSPS) is 13.4. The number of rotatable bonds is 3. The van der Waals surface area contributed by atoms with Crippen molar-refractivity contribution in [2.75, 3.05) is 7.05 Å². The maximum absolute atomic E-state index is 4.02. The lowest BCUT2D eigenvalue weighted by Gasteiger charge is -2.09. The second-order valence-corrected chi connectivity index (χ2v) is 3.07. The first kappa shape index (κ1) is 7.69. The molecule has 3 heteroatoms. The van der Waals surface area contributed by atoms with E-state index in [1.165, 1.54) is 4.88 Å².